The summed E-state index contributed by atoms with van der Waals surface area (Å²) in [6, 6.07) is 10.0. The maximum atomic E-state index is 14.3. The average Bonchev–Trinajstić information content (AvgIpc) is 3.10. The monoisotopic (exact) mass is 438 g/mol. The van der Waals surface area contributed by atoms with Gasteiger partial charge in [0.05, 0.1) is 11.2 Å². The predicted octanol–water partition coefficient (Wildman–Crippen LogP) is 4.96. The molecule has 1 saturated carbocycles. The molecule has 1 aliphatic rings. The molecule has 1 fully saturated rings. The number of hydrogen-bond acceptors (Lipinski definition) is 3. The largest absolute Gasteiger partial charge is 0.404 e. The van der Waals surface area contributed by atoms with Crippen LogP contribution in [0.4, 0.5) is 8.78 Å². The Kier molecular flexibility index (Phi) is 7.76. The molecule has 0 aliphatic heterocycles. The molecule has 0 atom stereocenters. The molecule has 7 heteroatoms. The zero-order valence-corrected chi connectivity index (χ0v) is 18.3. The molecule has 0 spiro atoms. The van der Waals surface area contributed by atoms with E-state index in [1.54, 1.807) is 31.5 Å². The first kappa shape index (κ1) is 23.2. The van der Waals surface area contributed by atoms with Crippen LogP contribution in [0.5, 0.6) is 0 Å². The standard InChI is InChI=1S/C19H17F2N.C6H11N3O/c1-11-9-15-17(12-3-2-4-12)18(22-19(15)16(21)10-11)13-5-7-14(20)8-6-13;1-8-3-6(2-7)4-9-5-10/h5-10,12,22H,2-4H2,1H3;2-3,5H,4,7H2,1H3,(H,9,10)/b;6-2+,8-3?. The predicted molar refractivity (Wildman–Crippen MR) is 126 cm³/mol. The fraction of sp³-hybridized carbons (Fsp3) is 0.280. The lowest BCUT2D eigenvalue weighted by atomic mass is 9.78. The first-order valence-electron chi connectivity index (χ1n) is 10.6. The molecule has 0 unspecified atom stereocenters. The number of aromatic nitrogens is 1. The third-order valence-corrected chi connectivity index (χ3v) is 5.59. The molecule has 1 aromatic heterocycles. The van der Waals surface area contributed by atoms with Crippen LogP contribution in [-0.4, -0.2) is 31.2 Å². The van der Waals surface area contributed by atoms with Gasteiger partial charge in [-0.2, -0.15) is 0 Å². The van der Waals surface area contributed by atoms with Crippen molar-refractivity contribution in [3.05, 3.63) is 70.9 Å². The van der Waals surface area contributed by atoms with Gasteiger partial charge in [0.15, 0.2) is 0 Å². The van der Waals surface area contributed by atoms with E-state index >= 15 is 0 Å². The highest BCUT2D eigenvalue weighted by Gasteiger charge is 2.27. The van der Waals surface area contributed by atoms with Crippen LogP contribution in [0.1, 0.15) is 36.3 Å². The highest BCUT2D eigenvalue weighted by atomic mass is 19.1. The van der Waals surface area contributed by atoms with Crippen LogP contribution in [-0.2, 0) is 4.79 Å². The maximum absolute atomic E-state index is 14.3. The van der Waals surface area contributed by atoms with Crippen LogP contribution < -0.4 is 11.1 Å². The summed E-state index contributed by atoms with van der Waals surface area (Å²) in [4.78, 5) is 16.8. The normalized spacial score (nSPS) is 14.2. The zero-order valence-electron chi connectivity index (χ0n) is 18.3. The van der Waals surface area contributed by atoms with Crippen LogP contribution in [0.3, 0.4) is 0 Å². The summed E-state index contributed by atoms with van der Waals surface area (Å²) in [7, 11) is 1.64. The van der Waals surface area contributed by atoms with Gasteiger partial charge in [0.2, 0.25) is 6.41 Å². The molecule has 3 aromatic rings. The second-order valence-corrected chi connectivity index (χ2v) is 7.85. The van der Waals surface area contributed by atoms with E-state index in [2.05, 4.69) is 21.4 Å². The smallest absolute Gasteiger partial charge is 0.207 e. The molecule has 168 valence electrons. The lowest BCUT2D eigenvalue weighted by Crippen LogP contribution is -2.15. The topological polar surface area (TPSA) is 83.3 Å². The van der Waals surface area contributed by atoms with Crippen LogP contribution >= 0.6 is 0 Å². The van der Waals surface area contributed by atoms with Gasteiger partial charge < -0.3 is 16.0 Å². The molecule has 1 amide bonds. The number of aryl methyl sites for hydroxylation is 1. The number of aliphatic imine (C=N–C) groups is 1. The first-order chi connectivity index (χ1) is 15.5. The number of benzene rings is 2. The number of halogens is 2. The number of rotatable bonds is 6. The number of aromatic amines is 1. The number of nitrogens with zero attached hydrogens (tertiary/aromatic N) is 1. The highest BCUT2D eigenvalue weighted by Crippen LogP contribution is 2.45. The van der Waals surface area contributed by atoms with Gasteiger partial charge in [-0.05, 0) is 78.8 Å². The Hall–Kier alpha value is -3.48. The summed E-state index contributed by atoms with van der Waals surface area (Å²) < 4.78 is 27.5. The Morgan fingerprint density at radius 1 is 1.25 bits per heavy atom. The molecular formula is C25H28F2N4O. The van der Waals surface area contributed by atoms with Crippen molar-refractivity contribution in [1.82, 2.24) is 10.3 Å². The van der Waals surface area contributed by atoms with Gasteiger partial charge >= 0.3 is 0 Å². The van der Waals surface area contributed by atoms with Crippen molar-refractivity contribution >= 4 is 23.5 Å². The van der Waals surface area contributed by atoms with Crippen molar-refractivity contribution in [1.29, 1.82) is 0 Å². The van der Waals surface area contributed by atoms with Gasteiger partial charge in [-0.3, -0.25) is 9.79 Å². The number of amides is 1. The third kappa shape index (κ3) is 5.22. The van der Waals surface area contributed by atoms with Crippen LogP contribution in [0, 0.1) is 18.6 Å². The van der Waals surface area contributed by atoms with Gasteiger partial charge in [-0.1, -0.05) is 6.42 Å². The minimum atomic E-state index is -0.257. The quantitative estimate of drug-likeness (QED) is 0.375. The molecule has 4 N–H and O–H groups in total. The molecule has 1 heterocycles. The van der Waals surface area contributed by atoms with E-state index in [-0.39, 0.29) is 11.6 Å². The van der Waals surface area contributed by atoms with E-state index < -0.39 is 0 Å². The Morgan fingerprint density at radius 3 is 2.53 bits per heavy atom. The molecular weight excluding hydrogens is 410 g/mol. The molecule has 32 heavy (non-hydrogen) atoms. The van der Waals surface area contributed by atoms with Crippen molar-refractivity contribution in [3.8, 4) is 11.3 Å². The third-order valence-electron chi connectivity index (χ3n) is 5.59. The SMILES string of the molecule is CN=C/C(=C\N)CNC=O.Cc1cc(F)c2[nH]c(-c3ccc(F)cc3)c(C3CCC3)c2c1. The van der Waals surface area contributed by atoms with E-state index in [0.717, 1.165) is 40.6 Å². The summed E-state index contributed by atoms with van der Waals surface area (Å²) in [6.07, 6.45) is 7.11. The van der Waals surface area contributed by atoms with Crippen molar-refractivity contribution in [2.75, 3.05) is 13.6 Å². The van der Waals surface area contributed by atoms with Crippen molar-refractivity contribution in [3.63, 3.8) is 0 Å². The lowest BCUT2D eigenvalue weighted by molar-refractivity contribution is -0.109. The summed E-state index contributed by atoms with van der Waals surface area (Å²) in [5.74, 6) is -0.00832. The Morgan fingerprint density at radius 2 is 1.97 bits per heavy atom. The van der Waals surface area contributed by atoms with E-state index in [9.17, 15) is 13.6 Å². The summed E-state index contributed by atoms with van der Waals surface area (Å²) in [5, 5.41) is 3.44. The second kappa shape index (κ2) is 10.7. The number of carbonyl (C=O) groups excluding carboxylic acids is 1. The second-order valence-electron chi connectivity index (χ2n) is 7.85. The fourth-order valence-corrected chi connectivity index (χ4v) is 3.85. The van der Waals surface area contributed by atoms with E-state index in [0.29, 0.717) is 24.4 Å². The minimum Gasteiger partial charge on any atom is -0.404 e. The number of nitrogens with one attached hydrogen (secondary N) is 2. The summed E-state index contributed by atoms with van der Waals surface area (Å²) in [5.41, 5.74) is 10.5. The van der Waals surface area contributed by atoms with E-state index in [1.807, 2.05) is 6.92 Å². The summed E-state index contributed by atoms with van der Waals surface area (Å²) in [6.45, 7) is 2.34. The Labute approximate surface area is 186 Å². The molecule has 1 aliphatic carbocycles. The number of carbonyl (C=O) groups is 1. The first-order valence-corrected chi connectivity index (χ1v) is 10.6. The maximum Gasteiger partial charge on any atom is 0.207 e. The molecule has 2 aromatic carbocycles. The van der Waals surface area contributed by atoms with Crippen LogP contribution in [0.2, 0.25) is 0 Å². The fourth-order valence-electron chi connectivity index (χ4n) is 3.85. The molecule has 5 nitrogen and oxygen atoms in total. The van der Waals surface area contributed by atoms with Gasteiger partial charge in [0.25, 0.3) is 0 Å². The number of hydrogen-bond donors (Lipinski definition) is 3. The van der Waals surface area contributed by atoms with Gasteiger partial charge in [0, 0.05) is 37.0 Å². The molecule has 0 radical (unpaired) electrons. The average molecular weight is 439 g/mol. The van der Waals surface area contributed by atoms with E-state index in [1.165, 1.54) is 30.3 Å². The van der Waals surface area contributed by atoms with Crippen LogP contribution in [0.25, 0.3) is 22.2 Å². The minimum absolute atomic E-state index is 0.219. The number of nitrogens with two attached hydrogens (primary N) is 1. The Balaban J connectivity index is 0.000000247. The molecule has 4 rings (SSSR count). The zero-order chi connectivity index (χ0) is 23.1. The number of H-pyrrole nitrogens is 1. The summed E-state index contributed by atoms with van der Waals surface area (Å²) >= 11 is 0. The van der Waals surface area contributed by atoms with Crippen LogP contribution in [0.15, 0.2) is 53.2 Å². The highest BCUT2D eigenvalue weighted by molar-refractivity contribution is 5.92. The lowest BCUT2D eigenvalue weighted by Gasteiger charge is -2.26. The number of fused-ring (bicyclic) bond motifs is 1. The van der Waals surface area contributed by atoms with Gasteiger partial charge in [-0.25, -0.2) is 8.78 Å². The van der Waals surface area contributed by atoms with Crippen molar-refractivity contribution in [2.45, 2.75) is 32.1 Å². The van der Waals surface area contributed by atoms with Gasteiger partial charge in [0.1, 0.15) is 11.6 Å². The van der Waals surface area contributed by atoms with E-state index in [4.69, 9.17) is 5.73 Å². The van der Waals surface area contributed by atoms with Crippen molar-refractivity contribution in [2.24, 2.45) is 10.7 Å². The van der Waals surface area contributed by atoms with Gasteiger partial charge in [-0.15, -0.1) is 0 Å². The Bertz CT molecular complexity index is 1130. The molecule has 0 saturated heterocycles. The van der Waals surface area contributed by atoms with Crippen molar-refractivity contribution < 1.29 is 13.6 Å². The molecule has 0 bridgehead atoms.